The minimum atomic E-state index is -0.552. The number of carbonyl (C=O) groups excluding carboxylic acids is 1. The van der Waals surface area contributed by atoms with Gasteiger partial charge in [0, 0.05) is 11.3 Å². The topological polar surface area (TPSA) is 72.7 Å². The summed E-state index contributed by atoms with van der Waals surface area (Å²) in [7, 11) is 0. The van der Waals surface area contributed by atoms with Crippen LogP contribution in [0.5, 0.6) is 0 Å². The first-order valence-electron chi connectivity index (χ1n) is 7.66. The Hall–Kier alpha value is -3.09. The van der Waals surface area contributed by atoms with Gasteiger partial charge in [-0.25, -0.2) is 9.07 Å². The van der Waals surface area contributed by atoms with Crippen molar-refractivity contribution < 1.29 is 9.18 Å². The number of nitrogens with one attached hydrogen (secondary N) is 1. The molecule has 0 saturated heterocycles. The lowest BCUT2D eigenvalue weighted by Gasteiger charge is -2.08. The normalized spacial score (nSPS) is 13.7. The lowest BCUT2D eigenvalue weighted by Crippen LogP contribution is -2.13. The van der Waals surface area contributed by atoms with Gasteiger partial charge in [-0.2, -0.15) is 0 Å². The van der Waals surface area contributed by atoms with Gasteiger partial charge >= 0.3 is 0 Å². The summed E-state index contributed by atoms with van der Waals surface area (Å²) in [6, 6.07) is 13.4. The van der Waals surface area contributed by atoms with Gasteiger partial charge in [0.1, 0.15) is 5.82 Å². The molecule has 1 N–H and O–H groups in total. The van der Waals surface area contributed by atoms with Crippen molar-refractivity contribution in [3.63, 3.8) is 0 Å². The number of aromatic nitrogens is 4. The summed E-state index contributed by atoms with van der Waals surface area (Å²) in [5.41, 5.74) is 1.37. The molecule has 1 amide bonds. The Bertz CT molecular complexity index is 903. The largest absolute Gasteiger partial charge is 0.322 e. The third kappa shape index (κ3) is 2.76. The van der Waals surface area contributed by atoms with Crippen LogP contribution in [0.25, 0.3) is 11.4 Å². The van der Waals surface area contributed by atoms with Gasteiger partial charge in [-0.1, -0.05) is 24.3 Å². The van der Waals surface area contributed by atoms with Crippen molar-refractivity contribution in [3.05, 3.63) is 59.9 Å². The highest BCUT2D eigenvalue weighted by molar-refractivity contribution is 6.04. The monoisotopic (exact) mass is 323 g/mol. The van der Waals surface area contributed by atoms with E-state index < -0.39 is 11.7 Å². The van der Waals surface area contributed by atoms with E-state index in [9.17, 15) is 9.18 Å². The zero-order chi connectivity index (χ0) is 16.5. The molecule has 24 heavy (non-hydrogen) atoms. The maximum absolute atomic E-state index is 13.7. The first-order chi connectivity index (χ1) is 11.7. The number of halogens is 1. The van der Waals surface area contributed by atoms with E-state index in [1.807, 2.05) is 6.07 Å². The Balaban J connectivity index is 1.60. The van der Waals surface area contributed by atoms with Crippen molar-refractivity contribution in [1.29, 1.82) is 0 Å². The lowest BCUT2D eigenvalue weighted by molar-refractivity contribution is 0.102. The SMILES string of the molecule is O=C(Nc1cccc(-c2nnnn2C2CC2)c1)c1ccccc1F. The van der Waals surface area contributed by atoms with Crippen LogP contribution in [0.15, 0.2) is 48.5 Å². The molecule has 7 heteroatoms. The van der Waals surface area contributed by atoms with Crippen LogP contribution in [0, 0.1) is 5.82 Å². The minimum absolute atomic E-state index is 0.00529. The molecule has 1 aromatic heterocycles. The van der Waals surface area contributed by atoms with E-state index in [2.05, 4.69) is 20.8 Å². The number of rotatable bonds is 4. The molecular weight excluding hydrogens is 309 g/mol. The average Bonchev–Trinajstić information content (AvgIpc) is 3.32. The molecule has 4 rings (SSSR count). The van der Waals surface area contributed by atoms with Crippen molar-refractivity contribution in [3.8, 4) is 11.4 Å². The second kappa shape index (κ2) is 5.84. The highest BCUT2D eigenvalue weighted by Crippen LogP contribution is 2.36. The fourth-order valence-corrected chi connectivity index (χ4v) is 2.53. The van der Waals surface area contributed by atoms with E-state index in [0.29, 0.717) is 17.6 Å². The summed E-state index contributed by atoms with van der Waals surface area (Å²) < 4.78 is 15.5. The summed E-state index contributed by atoms with van der Waals surface area (Å²) >= 11 is 0. The van der Waals surface area contributed by atoms with Gasteiger partial charge in [-0.05, 0) is 47.5 Å². The molecule has 120 valence electrons. The maximum Gasteiger partial charge on any atom is 0.258 e. The quantitative estimate of drug-likeness (QED) is 0.801. The van der Waals surface area contributed by atoms with Crippen molar-refractivity contribution in [1.82, 2.24) is 20.2 Å². The summed E-state index contributed by atoms with van der Waals surface area (Å²) in [6.07, 6.45) is 2.14. The predicted molar refractivity (Wildman–Crippen MR) is 85.9 cm³/mol. The summed E-state index contributed by atoms with van der Waals surface area (Å²) in [5, 5.41) is 14.5. The summed E-state index contributed by atoms with van der Waals surface area (Å²) in [6.45, 7) is 0. The fourth-order valence-electron chi connectivity index (χ4n) is 2.53. The zero-order valence-corrected chi connectivity index (χ0v) is 12.7. The zero-order valence-electron chi connectivity index (χ0n) is 12.7. The number of carbonyl (C=O) groups is 1. The molecule has 1 aliphatic carbocycles. The van der Waals surface area contributed by atoms with Crippen molar-refractivity contribution in [2.45, 2.75) is 18.9 Å². The molecule has 1 aliphatic rings. The van der Waals surface area contributed by atoms with Gasteiger partial charge < -0.3 is 5.32 Å². The summed E-state index contributed by atoms with van der Waals surface area (Å²) in [4.78, 5) is 12.2. The van der Waals surface area contributed by atoms with Gasteiger partial charge in [0.25, 0.3) is 5.91 Å². The van der Waals surface area contributed by atoms with Crippen LogP contribution in [-0.4, -0.2) is 26.1 Å². The number of hydrogen-bond donors (Lipinski definition) is 1. The number of amides is 1. The molecule has 1 fully saturated rings. The Morgan fingerprint density at radius 2 is 2.00 bits per heavy atom. The molecule has 1 saturated carbocycles. The van der Waals surface area contributed by atoms with E-state index in [1.165, 1.54) is 12.1 Å². The fraction of sp³-hybridized carbons (Fsp3) is 0.176. The number of nitrogens with zero attached hydrogens (tertiary/aromatic N) is 4. The van der Waals surface area contributed by atoms with Crippen LogP contribution in [0.2, 0.25) is 0 Å². The van der Waals surface area contributed by atoms with Gasteiger partial charge in [0.15, 0.2) is 5.82 Å². The molecule has 3 aromatic rings. The highest BCUT2D eigenvalue weighted by atomic mass is 19.1. The molecule has 0 unspecified atom stereocenters. The van der Waals surface area contributed by atoms with Crippen molar-refractivity contribution in [2.75, 3.05) is 5.32 Å². The number of benzene rings is 2. The molecule has 2 aromatic carbocycles. The Morgan fingerprint density at radius 3 is 2.79 bits per heavy atom. The molecule has 0 radical (unpaired) electrons. The number of hydrogen-bond acceptors (Lipinski definition) is 4. The van der Waals surface area contributed by atoms with Gasteiger partial charge in [-0.15, -0.1) is 5.10 Å². The molecule has 1 heterocycles. The van der Waals surface area contributed by atoms with E-state index in [4.69, 9.17) is 0 Å². The standard InChI is InChI=1S/C17H14FN5O/c18-15-7-2-1-6-14(15)17(24)19-12-5-3-4-11(10-12)16-20-21-22-23(16)13-8-9-13/h1-7,10,13H,8-9H2,(H,19,24). The van der Waals surface area contributed by atoms with Gasteiger partial charge in [0.2, 0.25) is 0 Å². The number of anilines is 1. The Morgan fingerprint density at radius 1 is 1.17 bits per heavy atom. The minimum Gasteiger partial charge on any atom is -0.322 e. The van der Waals surface area contributed by atoms with Crippen LogP contribution in [-0.2, 0) is 0 Å². The predicted octanol–water partition coefficient (Wildman–Crippen LogP) is 3.07. The van der Waals surface area contributed by atoms with Gasteiger partial charge in [-0.3, -0.25) is 4.79 Å². The average molecular weight is 323 g/mol. The van der Waals surface area contributed by atoms with Crippen LogP contribution in [0.1, 0.15) is 29.2 Å². The van der Waals surface area contributed by atoms with Crippen LogP contribution < -0.4 is 5.32 Å². The van der Waals surface area contributed by atoms with E-state index in [1.54, 1.807) is 35.0 Å². The molecule has 0 bridgehead atoms. The van der Waals surface area contributed by atoms with Crippen LogP contribution >= 0.6 is 0 Å². The molecule has 6 nitrogen and oxygen atoms in total. The second-order valence-corrected chi connectivity index (χ2v) is 5.69. The lowest BCUT2D eigenvalue weighted by atomic mass is 10.1. The van der Waals surface area contributed by atoms with Gasteiger partial charge in [0.05, 0.1) is 11.6 Å². The third-order valence-corrected chi connectivity index (χ3v) is 3.88. The molecular formula is C17H14FN5O. The van der Waals surface area contributed by atoms with E-state index in [-0.39, 0.29) is 5.56 Å². The van der Waals surface area contributed by atoms with E-state index >= 15 is 0 Å². The first kappa shape index (κ1) is 14.5. The Kier molecular flexibility index (Phi) is 3.53. The van der Waals surface area contributed by atoms with Crippen molar-refractivity contribution >= 4 is 11.6 Å². The number of tetrazole rings is 1. The summed E-state index contributed by atoms with van der Waals surface area (Å²) in [5.74, 6) is -0.379. The molecule has 0 atom stereocenters. The first-order valence-corrected chi connectivity index (χ1v) is 7.66. The third-order valence-electron chi connectivity index (χ3n) is 3.88. The molecule has 0 spiro atoms. The maximum atomic E-state index is 13.7. The van der Waals surface area contributed by atoms with Crippen LogP contribution in [0.4, 0.5) is 10.1 Å². The second-order valence-electron chi connectivity index (χ2n) is 5.69. The molecule has 0 aliphatic heterocycles. The Labute approximate surface area is 137 Å². The van der Waals surface area contributed by atoms with E-state index in [0.717, 1.165) is 18.4 Å². The smallest absolute Gasteiger partial charge is 0.258 e. The van der Waals surface area contributed by atoms with Crippen molar-refractivity contribution in [2.24, 2.45) is 0 Å². The highest BCUT2D eigenvalue weighted by Gasteiger charge is 2.28. The van der Waals surface area contributed by atoms with Crippen LogP contribution in [0.3, 0.4) is 0 Å².